The third-order valence-corrected chi connectivity index (χ3v) is 3.69. The van der Waals surface area contributed by atoms with Gasteiger partial charge in [-0.1, -0.05) is 6.42 Å². The molecule has 0 saturated carbocycles. The van der Waals surface area contributed by atoms with Crippen molar-refractivity contribution in [3.8, 4) is 11.8 Å². The molecule has 1 unspecified atom stereocenters. The molecule has 0 aromatic carbocycles. The van der Waals surface area contributed by atoms with Gasteiger partial charge in [0.05, 0.1) is 0 Å². The Morgan fingerprint density at radius 2 is 1.61 bits per heavy atom. The first-order valence-electron chi connectivity index (χ1n) is 8.49. The summed E-state index contributed by atoms with van der Waals surface area (Å²) in [4.78, 5) is 51.7. The van der Waals surface area contributed by atoms with Gasteiger partial charge in [-0.3, -0.25) is 24.1 Å². The summed E-state index contributed by atoms with van der Waals surface area (Å²) in [6.45, 7) is 1.58. The van der Waals surface area contributed by atoms with Crippen LogP contribution in [0.5, 0.6) is 11.8 Å². The minimum atomic E-state index is -1.30. The molecule has 0 saturated heterocycles. The van der Waals surface area contributed by atoms with Crippen LogP contribution in [0.3, 0.4) is 0 Å². The quantitative estimate of drug-likeness (QED) is 0.268. The molecule has 1 atom stereocenters. The zero-order chi connectivity index (χ0) is 20.7. The monoisotopic (exact) mass is 396 g/mol. The number of ether oxygens (including phenoxy) is 2. The van der Waals surface area contributed by atoms with E-state index in [-0.39, 0.29) is 24.8 Å². The molecule has 152 valence electrons. The van der Waals surface area contributed by atoms with Crippen molar-refractivity contribution in [2.45, 2.75) is 38.9 Å². The van der Waals surface area contributed by atoms with E-state index in [0.29, 0.717) is 24.0 Å². The molecule has 2 rings (SSSR count). The molecule has 1 aliphatic heterocycles. The molecule has 11 nitrogen and oxygen atoms in total. The van der Waals surface area contributed by atoms with Gasteiger partial charge in [0.2, 0.25) is 18.1 Å². The molecule has 0 aliphatic carbocycles. The normalized spacial score (nSPS) is 14.2. The van der Waals surface area contributed by atoms with Crippen LogP contribution < -0.4 is 4.84 Å². The number of hydrogen-bond donors (Lipinski definition) is 2. The van der Waals surface area contributed by atoms with E-state index in [0.717, 1.165) is 17.0 Å². The molecule has 28 heavy (non-hydrogen) atoms. The average molecular weight is 396 g/mol. The van der Waals surface area contributed by atoms with E-state index >= 15 is 0 Å². The Hall–Kier alpha value is -3.50. The number of aromatic hydroxyl groups is 2. The molecular weight excluding hydrogens is 376 g/mol. The van der Waals surface area contributed by atoms with Gasteiger partial charge < -0.3 is 19.7 Å². The fourth-order valence-corrected chi connectivity index (χ4v) is 2.36. The number of nitrogens with zero attached hydrogens (tertiary/aromatic N) is 2. The highest BCUT2D eigenvalue weighted by Gasteiger charge is 2.22. The van der Waals surface area contributed by atoms with E-state index in [4.69, 9.17) is 4.74 Å². The lowest BCUT2D eigenvalue weighted by Gasteiger charge is -2.15. The SMILES string of the molecule is CC(OC(=O)CCCCCN1C(=O)C=CC1=O)OC(=O)On1c(O)ccc1O. The van der Waals surface area contributed by atoms with Crippen LogP contribution in [0.15, 0.2) is 24.3 Å². The summed E-state index contributed by atoms with van der Waals surface area (Å²) in [7, 11) is 0. The van der Waals surface area contributed by atoms with Crippen molar-refractivity contribution in [1.29, 1.82) is 0 Å². The summed E-state index contributed by atoms with van der Waals surface area (Å²) in [6.07, 6.45) is 1.55. The number of carbonyl (C=O) groups is 4. The highest BCUT2D eigenvalue weighted by atomic mass is 16.9. The maximum absolute atomic E-state index is 11.7. The molecule has 2 N–H and O–H groups in total. The molecule has 2 amide bonds. The van der Waals surface area contributed by atoms with Crippen LogP contribution in [0.4, 0.5) is 4.79 Å². The first-order valence-corrected chi connectivity index (χ1v) is 8.49. The maximum atomic E-state index is 11.7. The molecule has 0 radical (unpaired) electrons. The van der Waals surface area contributed by atoms with Crippen molar-refractivity contribution in [3.63, 3.8) is 0 Å². The molecule has 1 aromatic heterocycles. The number of unbranched alkanes of at least 4 members (excludes halogenated alkanes) is 2. The molecule has 0 fully saturated rings. The fraction of sp³-hybridized carbons (Fsp3) is 0.412. The second-order valence-electron chi connectivity index (χ2n) is 5.83. The van der Waals surface area contributed by atoms with Crippen LogP contribution in [0.25, 0.3) is 0 Å². The van der Waals surface area contributed by atoms with E-state index in [9.17, 15) is 29.4 Å². The lowest BCUT2D eigenvalue weighted by molar-refractivity contribution is -0.168. The van der Waals surface area contributed by atoms with Gasteiger partial charge in [-0.2, -0.15) is 0 Å². The van der Waals surface area contributed by atoms with Crippen molar-refractivity contribution in [3.05, 3.63) is 24.3 Å². The van der Waals surface area contributed by atoms with Crippen LogP contribution in [-0.4, -0.2) is 56.6 Å². The molecule has 1 aromatic rings. The smallest absolute Gasteiger partial charge is 0.492 e. The average Bonchev–Trinajstić information content (AvgIpc) is 3.10. The first-order chi connectivity index (χ1) is 13.3. The van der Waals surface area contributed by atoms with Crippen molar-refractivity contribution in [2.75, 3.05) is 6.54 Å². The first kappa shape index (κ1) is 20.8. The van der Waals surface area contributed by atoms with Crippen LogP contribution in [0.1, 0.15) is 32.6 Å². The number of imide groups is 1. The molecule has 2 heterocycles. The van der Waals surface area contributed by atoms with Crippen LogP contribution >= 0.6 is 0 Å². The molecule has 0 bridgehead atoms. The Bertz CT molecular complexity index is 746. The number of carbonyl (C=O) groups excluding carboxylic acids is 4. The minimum Gasteiger partial charge on any atom is -0.492 e. The Balaban J connectivity index is 1.60. The van der Waals surface area contributed by atoms with Gasteiger partial charge in [-0.15, -0.1) is 4.73 Å². The third kappa shape index (κ3) is 5.76. The molecule has 1 aliphatic rings. The van der Waals surface area contributed by atoms with Crippen LogP contribution in [0.2, 0.25) is 0 Å². The van der Waals surface area contributed by atoms with Gasteiger partial charge >= 0.3 is 12.1 Å². The highest BCUT2D eigenvalue weighted by Crippen LogP contribution is 2.19. The topological polar surface area (TPSA) is 145 Å². The molecule has 11 heteroatoms. The third-order valence-electron chi connectivity index (χ3n) is 3.69. The summed E-state index contributed by atoms with van der Waals surface area (Å²) < 4.78 is 10.0. The van der Waals surface area contributed by atoms with E-state index in [1.807, 2.05) is 0 Å². The van der Waals surface area contributed by atoms with Crippen LogP contribution in [0, 0.1) is 0 Å². The van der Waals surface area contributed by atoms with Gasteiger partial charge in [0, 0.05) is 44.2 Å². The number of rotatable bonds is 9. The summed E-state index contributed by atoms with van der Waals surface area (Å²) in [5, 5.41) is 18.7. The predicted molar refractivity (Wildman–Crippen MR) is 90.7 cm³/mol. The second-order valence-corrected chi connectivity index (χ2v) is 5.83. The van der Waals surface area contributed by atoms with Crippen molar-refractivity contribution >= 4 is 23.9 Å². The van der Waals surface area contributed by atoms with E-state index in [1.165, 1.54) is 19.1 Å². The van der Waals surface area contributed by atoms with Crippen molar-refractivity contribution in [2.24, 2.45) is 0 Å². The zero-order valence-electron chi connectivity index (χ0n) is 15.1. The lowest BCUT2D eigenvalue weighted by atomic mass is 10.2. The fourth-order valence-electron chi connectivity index (χ4n) is 2.36. The van der Waals surface area contributed by atoms with Gasteiger partial charge in [0.25, 0.3) is 11.8 Å². The van der Waals surface area contributed by atoms with Gasteiger partial charge in [0.1, 0.15) is 0 Å². The summed E-state index contributed by atoms with van der Waals surface area (Å²) in [5.41, 5.74) is 0. The van der Waals surface area contributed by atoms with Gasteiger partial charge in [0.15, 0.2) is 0 Å². The van der Waals surface area contributed by atoms with E-state index in [1.54, 1.807) is 0 Å². The number of aromatic nitrogens is 1. The van der Waals surface area contributed by atoms with Gasteiger partial charge in [-0.25, -0.2) is 4.79 Å². The highest BCUT2D eigenvalue weighted by molar-refractivity contribution is 6.12. The standard InChI is InChI=1S/C17H20N2O9/c1-11(27-17(25)28-19-14(22)8-9-15(19)23)26-16(24)5-3-2-4-10-18-12(20)6-7-13(18)21/h6-9,11,22-23H,2-5,10H2,1H3. The molecular formula is C17H20N2O9. The van der Waals surface area contributed by atoms with Crippen LogP contribution in [-0.2, 0) is 23.9 Å². The number of amides is 2. The van der Waals surface area contributed by atoms with E-state index < -0.39 is 30.2 Å². The zero-order valence-corrected chi connectivity index (χ0v) is 15.1. The lowest BCUT2D eigenvalue weighted by Crippen LogP contribution is -2.30. The summed E-state index contributed by atoms with van der Waals surface area (Å²) >= 11 is 0. The number of hydrogen-bond acceptors (Lipinski definition) is 9. The Morgan fingerprint density at radius 1 is 1.00 bits per heavy atom. The Morgan fingerprint density at radius 3 is 2.21 bits per heavy atom. The van der Waals surface area contributed by atoms with E-state index in [2.05, 4.69) is 9.57 Å². The van der Waals surface area contributed by atoms with Gasteiger partial charge in [-0.05, 0) is 12.8 Å². The summed E-state index contributed by atoms with van der Waals surface area (Å²) in [5.74, 6) is -2.34. The second kappa shape index (κ2) is 9.44. The Labute approximate surface area is 159 Å². The maximum Gasteiger partial charge on any atom is 0.537 e. The number of esters is 1. The van der Waals surface area contributed by atoms with Crippen molar-refractivity contribution < 1.29 is 43.7 Å². The largest absolute Gasteiger partial charge is 0.537 e. The van der Waals surface area contributed by atoms with Crippen molar-refractivity contribution in [1.82, 2.24) is 9.63 Å². The predicted octanol–water partition coefficient (Wildman–Crippen LogP) is 0.839. The Kier molecular flexibility index (Phi) is 7.02. The molecule has 0 spiro atoms. The summed E-state index contributed by atoms with van der Waals surface area (Å²) in [6, 6.07) is 2.19. The minimum absolute atomic E-state index is 0.0576.